The lowest BCUT2D eigenvalue weighted by molar-refractivity contribution is -0.153. The molecule has 0 heterocycles. The van der Waals surface area contributed by atoms with E-state index in [4.69, 9.17) is 18.5 Å². The highest BCUT2D eigenvalue weighted by molar-refractivity contribution is 7.47. The fourth-order valence-electron chi connectivity index (χ4n) is 3.07. The third-order valence-corrected chi connectivity index (χ3v) is 6.16. The molecule has 0 amide bonds. The summed E-state index contributed by atoms with van der Waals surface area (Å²) in [4.78, 5) is 33.3. The van der Waals surface area contributed by atoms with Crippen LogP contribution in [0.5, 0.6) is 0 Å². The van der Waals surface area contributed by atoms with Gasteiger partial charge in [-0.05, 0) is 51.4 Å². The van der Waals surface area contributed by atoms with Gasteiger partial charge >= 0.3 is 19.8 Å². The Morgan fingerprint density at radius 3 is 1.51 bits per heavy atom. The highest BCUT2D eigenvalue weighted by atomic mass is 31.2. The van der Waals surface area contributed by atoms with E-state index in [1.807, 2.05) is 12.2 Å². The van der Waals surface area contributed by atoms with Gasteiger partial charge in [-0.3, -0.25) is 18.6 Å². The average Bonchev–Trinajstić information content (AvgIpc) is 2.95. The van der Waals surface area contributed by atoms with E-state index in [-0.39, 0.29) is 12.8 Å². The highest BCUT2D eigenvalue weighted by Crippen LogP contribution is 2.43. The molecule has 0 aromatic heterocycles. The van der Waals surface area contributed by atoms with Crippen molar-refractivity contribution in [1.82, 2.24) is 0 Å². The monoisotopic (exact) mass is 600 g/mol. The van der Waals surface area contributed by atoms with Crippen LogP contribution in [0.2, 0.25) is 0 Å². The van der Waals surface area contributed by atoms with Crippen LogP contribution < -0.4 is 0 Å². The number of esters is 2. The van der Waals surface area contributed by atoms with Gasteiger partial charge in [-0.2, -0.15) is 0 Å². The summed E-state index contributed by atoms with van der Waals surface area (Å²) in [6.45, 7) is 1.53. The number of ether oxygens (including phenoxy) is 2. The Bertz CT molecular complexity index is 878. The zero-order chi connectivity index (χ0) is 30.6. The molecule has 0 bridgehead atoms. The molecule has 0 saturated heterocycles. The lowest BCUT2D eigenvalue weighted by atomic mass is 10.2. The van der Waals surface area contributed by atoms with Crippen molar-refractivity contribution in [3.05, 3.63) is 60.8 Å². The fraction of sp³-hybridized carbons (Fsp3) is 0.600. The Hall–Kier alpha value is -2.33. The second-order valence-corrected chi connectivity index (χ2v) is 10.5. The molecule has 234 valence electrons. The van der Waals surface area contributed by atoms with E-state index in [9.17, 15) is 29.3 Å². The Kier molecular flexibility index (Phi) is 25.1. The van der Waals surface area contributed by atoms with Crippen LogP contribution in [0.15, 0.2) is 60.8 Å². The predicted molar refractivity (Wildman–Crippen MR) is 159 cm³/mol. The molecular formula is C30H49O10P. The summed E-state index contributed by atoms with van der Waals surface area (Å²) < 4.78 is 31.6. The summed E-state index contributed by atoms with van der Waals surface area (Å²) in [6, 6.07) is 0. The van der Waals surface area contributed by atoms with Crippen LogP contribution in [0.1, 0.15) is 78.1 Å². The van der Waals surface area contributed by atoms with Crippen LogP contribution in [0, 0.1) is 0 Å². The van der Waals surface area contributed by atoms with Crippen molar-refractivity contribution >= 4 is 19.8 Å². The van der Waals surface area contributed by atoms with Gasteiger partial charge in [0, 0.05) is 12.8 Å². The summed E-state index contributed by atoms with van der Waals surface area (Å²) in [5, 5.41) is 18.6. The molecule has 0 aliphatic heterocycles. The molecule has 0 aromatic carbocycles. The number of hydrogen-bond donors (Lipinski definition) is 3. The molecule has 3 N–H and O–H groups in total. The summed E-state index contributed by atoms with van der Waals surface area (Å²) in [6.07, 6.45) is 25.5. The van der Waals surface area contributed by atoms with Crippen molar-refractivity contribution in [2.24, 2.45) is 0 Å². The minimum atomic E-state index is -4.61. The van der Waals surface area contributed by atoms with E-state index in [2.05, 4.69) is 55.5 Å². The third kappa shape index (κ3) is 25.1. The van der Waals surface area contributed by atoms with Gasteiger partial charge in [-0.25, -0.2) is 4.57 Å². The normalized spacial score (nSPS) is 15.3. The Balaban J connectivity index is 4.09. The SMILES string of the molecule is CC/C=C\C/C=C\C/C=C\C/C=C\C/C=C\CCCC(=O)OC(CO)COP(=O)(O)OCC(CO)OC(=O)CCC. The Morgan fingerprint density at radius 2 is 1.10 bits per heavy atom. The van der Waals surface area contributed by atoms with Gasteiger partial charge in [0.25, 0.3) is 0 Å². The number of carbonyl (C=O) groups excluding carboxylic acids is 2. The topological polar surface area (TPSA) is 149 Å². The lowest BCUT2D eigenvalue weighted by Crippen LogP contribution is -2.28. The number of phosphoric ester groups is 1. The quantitative estimate of drug-likeness (QED) is 0.0519. The number of phosphoric acid groups is 1. The van der Waals surface area contributed by atoms with Crippen LogP contribution in [0.3, 0.4) is 0 Å². The summed E-state index contributed by atoms with van der Waals surface area (Å²) >= 11 is 0. The predicted octanol–water partition coefficient (Wildman–Crippen LogP) is 5.65. The van der Waals surface area contributed by atoms with Crippen molar-refractivity contribution in [2.45, 2.75) is 90.3 Å². The second kappa shape index (κ2) is 26.6. The van der Waals surface area contributed by atoms with E-state index < -0.39 is 58.4 Å². The van der Waals surface area contributed by atoms with E-state index >= 15 is 0 Å². The van der Waals surface area contributed by atoms with Crippen LogP contribution in [0.4, 0.5) is 0 Å². The van der Waals surface area contributed by atoms with Crippen molar-refractivity contribution in [2.75, 3.05) is 26.4 Å². The number of carbonyl (C=O) groups is 2. The summed E-state index contributed by atoms with van der Waals surface area (Å²) in [7, 11) is -4.61. The number of aliphatic hydroxyl groups is 2. The highest BCUT2D eigenvalue weighted by Gasteiger charge is 2.27. The molecule has 0 aliphatic carbocycles. The molecule has 41 heavy (non-hydrogen) atoms. The van der Waals surface area contributed by atoms with Crippen molar-refractivity contribution in [1.29, 1.82) is 0 Å². The van der Waals surface area contributed by atoms with Gasteiger partial charge in [0.2, 0.25) is 0 Å². The summed E-state index contributed by atoms with van der Waals surface area (Å²) in [5.41, 5.74) is 0. The first-order valence-electron chi connectivity index (χ1n) is 14.2. The van der Waals surface area contributed by atoms with Crippen LogP contribution in [0.25, 0.3) is 0 Å². The Morgan fingerprint density at radius 1 is 0.683 bits per heavy atom. The molecule has 3 unspecified atom stereocenters. The average molecular weight is 601 g/mol. The molecule has 0 radical (unpaired) electrons. The maximum Gasteiger partial charge on any atom is 0.472 e. The molecular weight excluding hydrogens is 551 g/mol. The third-order valence-electron chi connectivity index (χ3n) is 5.21. The molecule has 0 rings (SSSR count). The van der Waals surface area contributed by atoms with Gasteiger partial charge in [-0.15, -0.1) is 0 Å². The molecule has 0 aliphatic rings. The number of allylic oxidation sites excluding steroid dienone is 10. The van der Waals surface area contributed by atoms with E-state index in [1.54, 1.807) is 6.92 Å². The van der Waals surface area contributed by atoms with Gasteiger partial charge in [0.05, 0.1) is 26.4 Å². The zero-order valence-corrected chi connectivity index (χ0v) is 25.4. The largest absolute Gasteiger partial charge is 0.472 e. The lowest BCUT2D eigenvalue weighted by Gasteiger charge is -2.20. The minimum absolute atomic E-state index is 0.111. The van der Waals surface area contributed by atoms with E-state index in [0.29, 0.717) is 19.3 Å². The minimum Gasteiger partial charge on any atom is -0.457 e. The van der Waals surface area contributed by atoms with Crippen LogP contribution >= 0.6 is 7.82 Å². The van der Waals surface area contributed by atoms with Crippen molar-refractivity contribution in [3.63, 3.8) is 0 Å². The first kappa shape index (κ1) is 38.7. The number of hydrogen-bond acceptors (Lipinski definition) is 9. The molecule has 0 aromatic rings. The van der Waals surface area contributed by atoms with Crippen LogP contribution in [-0.2, 0) is 32.7 Å². The molecule has 0 spiro atoms. The molecule has 0 saturated carbocycles. The van der Waals surface area contributed by atoms with Gasteiger partial charge in [0.15, 0.2) is 0 Å². The smallest absolute Gasteiger partial charge is 0.457 e. The van der Waals surface area contributed by atoms with Crippen molar-refractivity contribution in [3.8, 4) is 0 Å². The van der Waals surface area contributed by atoms with Gasteiger partial charge < -0.3 is 24.6 Å². The zero-order valence-electron chi connectivity index (χ0n) is 24.5. The number of rotatable bonds is 25. The first-order chi connectivity index (χ1) is 19.8. The molecule has 10 nitrogen and oxygen atoms in total. The Labute approximate surface area is 245 Å². The maximum absolute atomic E-state index is 12.0. The van der Waals surface area contributed by atoms with E-state index in [1.165, 1.54) is 0 Å². The standard InChI is InChI=1S/C30H49O10P/c1-3-5-6-7-8-9-10-11-12-13-14-15-16-17-18-19-20-22-30(34)40-28(24-32)26-38-41(35,36)37-25-27(23-31)39-29(33)21-4-2/h5-6,8-9,11-12,14-15,17-18,27-28,31-32H,3-4,7,10,13,16,19-26H2,1-2H3,(H,35,36)/b6-5-,9-8-,12-11-,15-14-,18-17-. The van der Waals surface area contributed by atoms with Crippen LogP contribution in [-0.4, -0.2) is 65.7 Å². The fourth-order valence-corrected chi connectivity index (χ4v) is 3.85. The molecule has 11 heteroatoms. The first-order valence-corrected chi connectivity index (χ1v) is 15.7. The summed E-state index contributed by atoms with van der Waals surface area (Å²) in [5.74, 6) is -1.14. The number of aliphatic hydroxyl groups excluding tert-OH is 2. The molecule has 0 fully saturated rings. The second-order valence-electron chi connectivity index (χ2n) is 9.00. The number of unbranched alkanes of at least 4 members (excludes halogenated alkanes) is 1. The van der Waals surface area contributed by atoms with E-state index in [0.717, 1.165) is 32.1 Å². The van der Waals surface area contributed by atoms with Gasteiger partial charge in [-0.1, -0.05) is 74.6 Å². The maximum atomic E-state index is 12.0. The van der Waals surface area contributed by atoms with Gasteiger partial charge in [0.1, 0.15) is 12.2 Å². The molecule has 3 atom stereocenters. The van der Waals surface area contributed by atoms with Crippen molar-refractivity contribution < 1.29 is 47.8 Å².